The fourth-order valence-electron chi connectivity index (χ4n) is 2.61. The number of methoxy groups -OCH3 is 1. The Hall–Kier alpha value is -1.39. The summed E-state index contributed by atoms with van der Waals surface area (Å²) in [6.07, 6.45) is 2.26. The summed E-state index contributed by atoms with van der Waals surface area (Å²) in [6, 6.07) is 9.82. The van der Waals surface area contributed by atoms with Gasteiger partial charge in [-0.1, -0.05) is 50.6 Å². The van der Waals surface area contributed by atoms with Gasteiger partial charge in [0.1, 0.15) is 0 Å². The van der Waals surface area contributed by atoms with Crippen molar-refractivity contribution in [2.45, 2.75) is 32.2 Å². The average molecular weight is 292 g/mol. The summed E-state index contributed by atoms with van der Waals surface area (Å²) in [5.74, 6) is -0.237. The second-order valence-electron chi connectivity index (χ2n) is 5.38. The zero-order valence-corrected chi connectivity index (χ0v) is 13.7. The van der Waals surface area contributed by atoms with Gasteiger partial charge < -0.3 is 9.64 Å². The van der Waals surface area contributed by atoms with E-state index in [9.17, 15) is 4.79 Å². The van der Waals surface area contributed by atoms with Gasteiger partial charge in [-0.25, -0.2) is 4.79 Å². The number of ether oxygens (including phenoxy) is 1. The van der Waals surface area contributed by atoms with Crippen molar-refractivity contribution in [3.05, 3.63) is 35.9 Å². The molecule has 0 amide bonds. The maximum absolute atomic E-state index is 12.5. The number of benzene rings is 1. The molecule has 1 rings (SSSR count). The van der Waals surface area contributed by atoms with Crippen molar-refractivity contribution >= 4 is 5.97 Å². The fraction of sp³-hybridized carbons (Fsp3) is 0.588. The van der Waals surface area contributed by atoms with Crippen LogP contribution in [0.2, 0.25) is 0 Å². The summed E-state index contributed by atoms with van der Waals surface area (Å²) in [4.78, 5) is 14.7. The first kappa shape index (κ1) is 17.7. The van der Waals surface area contributed by atoms with Crippen LogP contribution < -0.4 is 5.32 Å². The van der Waals surface area contributed by atoms with E-state index in [2.05, 4.69) is 17.1 Å². The first-order valence-electron chi connectivity index (χ1n) is 7.68. The van der Waals surface area contributed by atoms with Gasteiger partial charge >= 0.3 is 5.97 Å². The van der Waals surface area contributed by atoms with E-state index in [-0.39, 0.29) is 5.97 Å². The molecule has 0 aliphatic heterocycles. The maximum atomic E-state index is 12.5. The molecule has 1 aromatic rings. The van der Waals surface area contributed by atoms with Crippen molar-refractivity contribution in [3.8, 4) is 0 Å². The van der Waals surface area contributed by atoms with Crippen LogP contribution in [0.5, 0.6) is 0 Å². The molecule has 0 saturated heterocycles. The second-order valence-corrected chi connectivity index (χ2v) is 5.38. The zero-order chi connectivity index (χ0) is 15.7. The molecule has 21 heavy (non-hydrogen) atoms. The number of carbonyl (C=O) groups excluding carboxylic acids is 1. The van der Waals surface area contributed by atoms with Crippen LogP contribution in [-0.2, 0) is 15.1 Å². The number of esters is 1. The van der Waals surface area contributed by atoms with Crippen LogP contribution in [0.15, 0.2) is 30.3 Å². The van der Waals surface area contributed by atoms with E-state index in [1.807, 2.05) is 44.3 Å². The minimum absolute atomic E-state index is 0.237. The monoisotopic (exact) mass is 292 g/mol. The summed E-state index contributed by atoms with van der Waals surface area (Å²) in [5.41, 5.74) is 0.134. The molecule has 0 fully saturated rings. The molecule has 118 valence electrons. The van der Waals surface area contributed by atoms with Crippen LogP contribution in [0.4, 0.5) is 0 Å². The van der Waals surface area contributed by atoms with Crippen LogP contribution in [0.3, 0.4) is 0 Å². The standard InChI is InChI=1S/C17H28N2O2/c1-5-7-13-19(3)14-17(18-6-2,16(20)21-4)15-11-9-8-10-12-15/h8-12,18H,5-7,13-14H2,1-4H3. The lowest BCUT2D eigenvalue weighted by molar-refractivity contribution is -0.150. The highest BCUT2D eigenvalue weighted by molar-refractivity contribution is 5.83. The number of unbranched alkanes of at least 4 members (excludes halogenated alkanes) is 1. The normalized spacial score (nSPS) is 14.0. The lowest BCUT2D eigenvalue weighted by Crippen LogP contribution is -2.56. The number of rotatable bonds is 9. The van der Waals surface area contributed by atoms with Crippen LogP contribution in [0, 0.1) is 0 Å². The van der Waals surface area contributed by atoms with E-state index in [0.717, 1.165) is 24.9 Å². The van der Waals surface area contributed by atoms with E-state index in [1.54, 1.807) is 0 Å². The minimum Gasteiger partial charge on any atom is -0.467 e. The molecule has 1 unspecified atom stereocenters. The zero-order valence-electron chi connectivity index (χ0n) is 13.7. The molecule has 1 atom stereocenters. The SMILES string of the molecule is CCCCN(C)CC(NCC)(C(=O)OC)c1ccccc1. The Morgan fingerprint density at radius 2 is 1.95 bits per heavy atom. The highest BCUT2D eigenvalue weighted by atomic mass is 16.5. The molecule has 1 N–H and O–H groups in total. The Morgan fingerprint density at radius 1 is 1.29 bits per heavy atom. The van der Waals surface area contributed by atoms with Gasteiger partial charge in [0.25, 0.3) is 0 Å². The summed E-state index contributed by atoms with van der Waals surface area (Å²) < 4.78 is 5.10. The Kier molecular flexibility index (Phi) is 7.40. The Balaban J connectivity index is 3.10. The molecular formula is C17H28N2O2. The van der Waals surface area contributed by atoms with Crippen molar-refractivity contribution in [3.63, 3.8) is 0 Å². The smallest absolute Gasteiger partial charge is 0.332 e. The van der Waals surface area contributed by atoms with E-state index >= 15 is 0 Å². The number of hydrogen-bond acceptors (Lipinski definition) is 4. The van der Waals surface area contributed by atoms with Crippen molar-refractivity contribution in [2.24, 2.45) is 0 Å². The van der Waals surface area contributed by atoms with Crippen molar-refractivity contribution in [1.29, 1.82) is 0 Å². The number of carbonyl (C=O) groups is 1. The van der Waals surface area contributed by atoms with Gasteiger partial charge in [0.2, 0.25) is 0 Å². The Bertz CT molecular complexity index is 422. The first-order chi connectivity index (χ1) is 10.1. The fourth-order valence-corrected chi connectivity index (χ4v) is 2.61. The molecule has 4 nitrogen and oxygen atoms in total. The summed E-state index contributed by atoms with van der Waals surface area (Å²) in [7, 11) is 3.50. The van der Waals surface area contributed by atoms with Crippen LogP contribution in [-0.4, -0.2) is 44.7 Å². The van der Waals surface area contributed by atoms with E-state index < -0.39 is 5.54 Å². The second kappa shape index (κ2) is 8.80. The van der Waals surface area contributed by atoms with Gasteiger partial charge in [-0.2, -0.15) is 0 Å². The third kappa shape index (κ3) is 4.55. The van der Waals surface area contributed by atoms with Gasteiger partial charge in [0.15, 0.2) is 5.54 Å². The molecule has 4 heteroatoms. The third-order valence-corrected chi connectivity index (χ3v) is 3.68. The minimum atomic E-state index is -0.812. The van der Waals surface area contributed by atoms with Gasteiger partial charge in [-0.05, 0) is 32.1 Å². The first-order valence-corrected chi connectivity index (χ1v) is 7.68. The molecule has 0 heterocycles. The van der Waals surface area contributed by atoms with Crippen molar-refractivity contribution in [2.75, 3.05) is 33.8 Å². The lowest BCUT2D eigenvalue weighted by atomic mass is 9.89. The Morgan fingerprint density at radius 3 is 2.48 bits per heavy atom. The number of nitrogens with zero attached hydrogens (tertiary/aromatic N) is 1. The molecule has 0 spiro atoms. The van der Waals surface area contributed by atoms with Gasteiger partial charge in [-0.3, -0.25) is 5.32 Å². The van der Waals surface area contributed by atoms with Gasteiger partial charge in [0, 0.05) is 6.54 Å². The van der Waals surface area contributed by atoms with E-state index in [0.29, 0.717) is 13.1 Å². The quantitative estimate of drug-likeness (QED) is 0.710. The molecule has 0 aliphatic rings. The summed E-state index contributed by atoms with van der Waals surface area (Å²) in [6.45, 7) is 6.44. The predicted octanol–water partition coefficient (Wildman–Crippen LogP) is 2.40. The number of hydrogen-bond donors (Lipinski definition) is 1. The molecule has 0 saturated carbocycles. The predicted molar refractivity (Wildman–Crippen MR) is 86.2 cm³/mol. The molecule has 0 aliphatic carbocycles. The van der Waals surface area contributed by atoms with Gasteiger partial charge in [0.05, 0.1) is 7.11 Å². The lowest BCUT2D eigenvalue weighted by Gasteiger charge is -2.35. The van der Waals surface area contributed by atoms with Crippen molar-refractivity contribution in [1.82, 2.24) is 10.2 Å². The van der Waals surface area contributed by atoms with Crippen LogP contribution >= 0.6 is 0 Å². The average Bonchev–Trinajstić information content (AvgIpc) is 2.52. The maximum Gasteiger partial charge on any atom is 0.332 e. The third-order valence-electron chi connectivity index (χ3n) is 3.68. The molecular weight excluding hydrogens is 264 g/mol. The summed E-state index contributed by atoms with van der Waals surface area (Å²) in [5, 5.41) is 3.35. The largest absolute Gasteiger partial charge is 0.467 e. The molecule has 0 radical (unpaired) electrons. The highest BCUT2D eigenvalue weighted by Gasteiger charge is 2.41. The van der Waals surface area contributed by atoms with Gasteiger partial charge in [-0.15, -0.1) is 0 Å². The molecule has 0 aromatic heterocycles. The number of nitrogens with one attached hydrogen (secondary N) is 1. The van der Waals surface area contributed by atoms with Crippen molar-refractivity contribution < 1.29 is 9.53 Å². The highest BCUT2D eigenvalue weighted by Crippen LogP contribution is 2.24. The Labute approximate surface area is 128 Å². The van der Waals surface area contributed by atoms with E-state index in [1.165, 1.54) is 7.11 Å². The number of likely N-dealkylation sites (N-methyl/N-ethyl adjacent to an activating group) is 2. The van der Waals surface area contributed by atoms with E-state index in [4.69, 9.17) is 4.74 Å². The van der Waals surface area contributed by atoms with Crippen LogP contribution in [0.1, 0.15) is 32.3 Å². The molecule has 1 aromatic carbocycles. The van der Waals surface area contributed by atoms with Crippen LogP contribution in [0.25, 0.3) is 0 Å². The topological polar surface area (TPSA) is 41.6 Å². The summed E-state index contributed by atoms with van der Waals surface area (Å²) >= 11 is 0. The molecule has 0 bridgehead atoms.